The van der Waals surface area contributed by atoms with Crippen molar-refractivity contribution in [1.29, 1.82) is 0 Å². The van der Waals surface area contributed by atoms with Gasteiger partial charge in [-0.25, -0.2) is 8.42 Å². The van der Waals surface area contributed by atoms with Crippen molar-refractivity contribution >= 4 is 10.0 Å². The summed E-state index contributed by atoms with van der Waals surface area (Å²) in [5, 5.41) is 3.22. The fraction of sp³-hybridized carbons (Fsp3) is 0.846. The van der Waals surface area contributed by atoms with E-state index >= 15 is 0 Å². The van der Waals surface area contributed by atoms with Crippen molar-refractivity contribution in [3.8, 4) is 0 Å². The summed E-state index contributed by atoms with van der Waals surface area (Å²) >= 11 is 0. The first-order valence-corrected chi connectivity index (χ1v) is 8.07. The van der Waals surface area contributed by atoms with Crippen LogP contribution in [0.3, 0.4) is 0 Å². The van der Waals surface area contributed by atoms with Gasteiger partial charge in [-0.2, -0.15) is 4.31 Å². The van der Waals surface area contributed by atoms with Crippen molar-refractivity contribution in [1.82, 2.24) is 9.62 Å². The Labute approximate surface area is 112 Å². The topological polar surface area (TPSA) is 49.4 Å². The standard InChI is InChI=1S/C13H28N2O2S/c1-7-10-15(13(4,5)6)18(16,17)11-8-9-14-12(2)3/h7,12,14H,1,8-11H2,2-6H3. The van der Waals surface area contributed by atoms with Gasteiger partial charge in [0.05, 0.1) is 5.75 Å². The fourth-order valence-electron chi connectivity index (χ4n) is 1.68. The molecule has 0 unspecified atom stereocenters. The van der Waals surface area contributed by atoms with Crippen LogP contribution in [0.2, 0.25) is 0 Å². The van der Waals surface area contributed by atoms with Crippen molar-refractivity contribution in [2.45, 2.75) is 52.6 Å². The first-order chi connectivity index (χ1) is 8.11. The Bertz CT molecular complexity index is 342. The third-order valence-corrected chi connectivity index (χ3v) is 4.68. The van der Waals surface area contributed by atoms with Crippen LogP contribution in [0.4, 0.5) is 0 Å². The van der Waals surface area contributed by atoms with E-state index in [2.05, 4.69) is 11.9 Å². The molecule has 0 aliphatic heterocycles. The van der Waals surface area contributed by atoms with Gasteiger partial charge in [0.2, 0.25) is 10.0 Å². The molecule has 108 valence electrons. The van der Waals surface area contributed by atoms with Gasteiger partial charge in [-0.15, -0.1) is 6.58 Å². The highest BCUT2D eigenvalue weighted by Gasteiger charge is 2.30. The van der Waals surface area contributed by atoms with E-state index in [4.69, 9.17) is 0 Å². The van der Waals surface area contributed by atoms with Crippen LogP contribution in [0.1, 0.15) is 41.0 Å². The van der Waals surface area contributed by atoms with Crippen LogP contribution in [-0.4, -0.2) is 43.1 Å². The third-order valence-electron chi connectivity index (χ3n) is 2.51. The smallest absolute Gasteiger partial charge is 0.214 e. The summed E-state index contributed by atoms with van der Waals surface area (Å²) in [4.78, 5) is 0. The van der Waals surface area contributed by atoms with Gasteiger partial charge in [0.1, 0.15) is 0 Å². The molecule has 0 saturated heterocycles. The number of sulfonamides is 1. The number of rotatable bonds is 8. The van der Waals surface area contributed by atoms with Crippen molar-refractivity contribution in [3.63, 3.8) is 0 Å². The maximum atomic E-state index is 12.3. The normalized spacial score (nSPS) is 13.3. The summed E-state index contributed by atoms with van der Waals surface area (Å²) in [6, 6.07) is 0.389. The molecule has 0 aromatic heterocycles. The van der Waals surface area contributed by atoms with Crippen molar-refractivity contribution in [3.05, 3.63) is 12.7 Å². The lowest BCUT2D eigenvalue weighted by Gasteiger charge is -2.33. The Balaban J connectivity index is 4.52. The molecule has 0 spiro atoms. The molecular weight excluding hydrogens is 248 g/mol. The molecule has 1 N–H and O–H groups in total. The Morgan fingerprint density at radius 1 is 1.33 bits per heavy atom. The first-order valence-electron chi connectivity index (χ1n) is 6.46. The predicted octanol–water partition coefficient (Wildman–Crippen LogP) is 1.99. The predicted molar refractivity (Wildman–Crippen MR) is 78.2 cm³/mol. The van der Waals surface area contributed by atoms with Crippen LogP contribution in [-0.2, 0) is 10.0 Å². The fourth-order valence-corrected chi connectivity index (χ4v) is 3.57. The quantitative estimate of drug-likeness (QED) is 0.545. The second-order valence-electron chi connectivity index (χ2n) is 5.77. The monoisotopic (exact) mass is 276 g/mol. The zero-order chi connectivity index (χ0) is 14.4. The molecule has 0 saturated carbocycles. The van der Waals surface area contributed by atoms with E-state index in [9.17, 15) is 8.42 Å². The van der Waals surface area contributed by atoms with Crippen LogP contribution in [0.25, 0.3) is 0 Å². The van der Waals surface area contributed by atoms with E-state index in [0.717, 1.165) is 6.54 Å². The van der Waals surface area contributed by atoms with Gasteiger partial charge < -0.3 is 5.32 Å². The second-order valence-corrected chi connectivity index (χ2v) is 7.78. The lowest BCUT2D eigenvalue weighted by molar-refractivity contribution is 0.269. The van der Waals surface area contributed by atoms with Crippen LogP contribution >= 0.6 is 0 Å². The van der Waals surface area contributed by atoms with Crippen LogP contribution < -0.4 is 5.32 Å². The summed E-state index contributed by atoms with van der Waals surface area (Å²) in [5.41, 5.74) is -0.404. The van der Waals surface area contributed by atoms with Gasteiger partial charge in [0.25, 0.3) is 0 Å². The van der Waals surface area contributed by atoms with Gasteiger partial charge in [-0.3, -0.25) is 0 Å². The number of nitrogens with zero attached hydrogens (tertiary/aromatic N) is 1. The summed E-state index contributed by atoms with van der Waals surface area (Å²) in [6.45, 7) is 14.5. The van der Waals surface area contributed by atoms with E-state index in [1.54, 1.807) is 6.08 Å². The first kappa shape index (κ1) is 17.6. The minimum absolute atomic E-state index is 0.178. The molecule has 0 atom stereocenters. The Hall–Kier alpha value is -0.390. The van der Waals surface area contributed by atoms with Crippen molar-refractivity contribution in [2.24, 2.45) is 0 Å². The highest BCUT2D eigenvalue weighted by molar-refractivity contribution is 7.89. The largest absolute Gasteiger partial charge is 0.314 e. The molecule has 0 amide bonds. The minimum Gasteiger partial charge on any atom is -0.314 e. The average Bonchev–Trinajstić information content (AvgIpc) is 2.19. The van der Waals surface area contributed by atoms with E-state index in [1.807, 2.05) is 34.6 Å². The molecule has 0 rings (SSSR count). The SMILES string of the molecule is C=CCN(C(C)(C)C)S(=O)(=O)CCCNC(C)C. The molecule has 0 aliphatic rings. The van der Waals surface area contributed by atoms with Gasteiger partial charge >= 0.3 is 0 Å². The zero-order valence-electron chi connectivity index (χ0n) is 12.4. The summed E-state index contributed by atoms with van der Waals surface area (Å²) in [5.74, 6) is 0.178. The van der Waals surface area contributed by atoms with Gasteiger partial charge in [-0.05, 0) is 33.7 Å². The highest BCUT2D eigenvalue weighted by Crippen LogP contribution is 2.18. The van der Waals surface area contributed by atoms with Gasteiger partial charge in [0.15, 0.2) is 0 Å². The maximum Gasteiger partial charge on any atom is 0.214 e. The van der Waals surface area contributed by atoms with Crippen LogP contribution in [0, 0.1) is 0 Å². The van der Waals surface area contributed by atoms with Gasteiger partial charge in [-0.1, -0.05) is 19.9 Å². The second kappa shape index (κ2) is 7.26. The molecule has 0 radical (unpaired) electrons. The van der Waals surface area contributed by atoms with Crippen molar-refractivity contribution < 1.29 is 8.42 Å². The summed E-state index contributed by atoms with van der Waals surface area (Å²) < 4.78 is 26.0. The lowest BCUT2D eigenvalue weighted by atomic mass is 10.1. The summed E-state index contributed by atoms with van der Waals surface area (Å²) in [7, 11) is -3.22. The molecule has 18 heavy (non-hydrogen) atoms. The van der Waals surface area contributed by atoms with E-state index < -0.39 is 15.6 Å². The van der Waals surface area contributed by atoms with Crippen LogP contribution in [0.5, 0.6) is 0 Å². The molecule has 0 fully saturated rings. The molecule has 0 bridgehead atoms. The Morgan fingerprint density at radius 3 is 2.28 bits per heavy atom. The van der Waals surface area contributed by atoms with E-state index in [1.165, 1.54) is 4.31 Å². The molecule has 0 aromatic rings. The molecule has 5 heteroatoms. The zero-order valence-corrected chi connectivity index (χ0v) is 13.2. The molecule has 0 heterocycles. The Morgan fingerprint density at radius 2 is 1.89 bits per heavy atom. The van der Waals surface area contributed by atoms with Crippen LogP contribution in [0.15, 0.2) is 12.7 Å². The number of hydrogen-bond acceptors (Lipinski definition) is 3. The molecular formula is C13H28N2O2S. The van der Waals surface area contributed by atoms with Gasteiger partial charge in [0, 0.05) is 18.1 Å². The lowest BCUT2D eigenvalue weighted by Crippen LogP contribution is -2.46. The Kier molecular flexibility index (Phi) is 7.10. The highest BCUT2D eigenvalue weighted by atomic mass is 32.2. The van der Waals surface area contributed by atoms with Crippen molar-refractivity contribution in [2.75, 3.05) is 18.8 Å². The maximum absolute atomic E-state index is 12.3. The number of nitrogens with one attached hydrogen (secondary N) is 1. The molecule has 4 nitrogen and oxygen atoms in total. The number of hydrogen-bond donors (Lipinski definition) is 1. The van der Waals surface area contributed by atoms with E-state index in [-0.39, 0.29) is 5.75 Å². The third kappa shape index (κ3) is 6.52. The molecule has 0 aliphatic carbocycles. The summed E-state index contributed by atoms with van der Waals surface area (Å²) in [6.07, 6.45) is 2.26. The molecule has 0 aromatic carbocycles. The average molecular weight is 276 g/mol. The minimum atomic E-state index is -3.22. The van der Waals surface area contributed by atoms with E-state index in [0.29, 0.717) is 19.0 Å².